The van der Waals surface area contributed by atoms with Crippen LogP contribution < -0.4 is 0 Å². The van der Waals surface area contributed by atoms with Crippen molar-refractivity contribution in [1.82, 2.24) is 0 Å². The van der Waals surface area contributed by atoms with Crippen molar-refractivity contribution >= 4 is 23.7 Å². The maximum Gasteiger partial charge on any atom is 0.154 e. The highest BCUT2D eigenvalue weighted by Gasteiger charge is 2.41. The third-order valence-electron chi connectivity index (χ3n) is 6.52. The van der Waals surface area contributed by atoms with Crippen molar-refractivity contribution < 1.29 is 19.8 Å². The molecule has 0 spiro atoms. The molecule has 0 aliphatic heterocycles. The zero-order valence-corrected chi connectivity index (χ0v) is 17.9. The summed E-state index contributed by atoms with van der Waals surface area (Å²) in [5, 5.41) is 20.7. The van der Waals surface area contributed by atoms with Crippen LogP contribution in [0.15, 0.2) is 23.8 Å². The number of ketones is 1. The van der Waals surface area contributed by atoms with Crippen molar-refractivity contribution in [2.24, 2.45) is 17.3 Å². The highest BCUT2D eigenvalue weighted by atomic mass is 35.5. The fourth-order valence-corrected chi connectivity index (χ4v) is 4.04. The highest BCUT2D eigenvalue weighted by Crippen LogP contribution is 2.45. The van der Waals surface area contributed by atoms with E-state index in [1.807, 2.05) is 26.0 Å². The number of phenols is 2. The number of hydrogen-bond donors (Lipinski definition) is 2. The smallest absolute Gasteiger partial charge is 0.154 e. The molecule has 152 valence electrons. The van der Waals surface area contributed by atoms with Crippen LogP contribution in [-0.2, 0) is 11.2 Å². The molecule has 0 radical (unpaired) electrons. The molecular formula is C23H29ClO4. The molecule has 3 atom stereocenters. The Labute approximate surface area is 171 Å². The summed E-state index contributed by atoms with van der Waals surface area (Å²) in [7, 11) is 0. The molecule has 2 rings (SSSR count). The lowest BCUT2D eigenvalue weighted by Gasteiger charge is -2.42. The van der Waals surface area contributed by atoms with E-state index in [4.69, 9.17) is 11.6 Å². The Balaban J connectivity index is 2.28. The number of carbonyl (C=O) groups is 2. The van der Waals surface area contributed by atoms with E-state index in [2.05, 4.69) is 19.9 Å². The average Bonchev–Trinajstić information content (AvgIpc) is 2.66. The maximum absolute atomic E-state index is 12.2. The van der Waals surface area contributed by atoms with Gasteiger partial charge in [0.15, 0.2) is 6.29 Å². The molecule has 0 aromatic heterocycles. The van der Waals surface area contributed by atoms with Crippen LogP contribution in [0.25, 0.3) is 0 Å². The lowest BCUT2D eigenvalue weighted by atomic mass is 9.61. The van der Waals surface area contributed by atoms with Crippen molar-refractivity contribution in [1.29, 1.82) is 0 Å². The zero-order chi connectivity index (χ0) is 21.2. The highest BCUT2D eigenvalue weighted by molar-refractivity contribution is 6.33. The number of halogens is 1. The summed E-state index contributed by atoms with van der Waals surface area (Å²) in [6.45, 7) is 9.79. The minimum atomic E-state index is -0.241. The SMILES string of the molecule is CC(C=C[C@]1(C)[C@H](C)CCC(=O)[C@H]1C)=CCc1c(O)c(Cl)c(C)c(C=O)c1O. The Hall–Kier alpha value is -2.07. The fraction of sp³-hybridized carbons (Fsp3) is 0.478. The minimum absolute atomic E-state index is 0.0283. The third-order valence-corrected chi connectivity index (χ3v) is 6.98. The van der Waals surface area contributed by atoms with Crippen LogP contribution in [-0.4, -0.2) is 22.3 Å². The molecule has 1 saturated carbocycles. The molecule has 0 bridgehead atoms. The maximum atomic E-state index is 12.2. The van der Waals surface area contributed by atoms with Crippen molar-refractivity contribution in [3.63, 3.8) is 0 Å². The van der Waals surface area contributed by atoms with E-state index >= 15 is 0 Å². The molecule has 28 heavy (non-hydrogen) atoms. The monoisotopic (exact) mass is 404 g/mol. The molecule has 0 amide bonds. The van der Waals surface area contributed by atoms with Gasteiger partial charge in [0.05, 0.1) is 10.6 Å². The lowest BCUT2D eigenvalue weighted by Crippen LogP contribution is -2.40. The number of carbonyl (C=O) groups excluding carboxylic acids is 2. The number of benzene rings is 1. The second-order valence-corrected chi connectivity index (χ2v) is 8.50. The Bertz CT molecular complexity index is 853. The van der Waals surface area contributed by atoms with Gasteiger partial charge in [-0.1, -0.05) is 56.2 Å². The summed E-state index contributed by atoms with van der Waals surface area (Å²) < 4.78 is 0. The molecular weight excluding hydrogens is 376 g/mol. The molecule has 4 nitrogen and oxygen atoms in total. The number of allylic oxidation sites excluding steroid dienone is 4. The van der Waals surface area contributed by atoms with Gasteiger partial charge >= 0.3 is 0 Å². The minimum Gasteiger partial charge on any atom is -0.507 e. The second kappa shape index (κ2) is 8.52. The van der Waals surface area contributed by atoms with Gasteiger partial charge in [0.25, 0.3) is 0 Å². The van der Waals surface area contributed by atoms with Gasteiger partial charge in [-0.2, -0.15) is 0 Å². The summed E-state index contributed by atoms with van der Waals surface area (Å²) in [6.07, 6.45) is 8.25. The van der Waals surface area contributed by atoms with Gasteiger partial charge in [-0.3, -0.25) is 9.59 Å². The van der Waals surface area contributed by atoms with Crippen LogP contribution in [0.3, 0.4) is 0 Å². The van der Waals surface area contributed by atoms with Crippen LogP contribution in [0.1, 0.15) is 62.0 Å². The predicted molar refractivity (Wildman–Crippen MR) is 112 cm³/mol. The summed E-state index contributed by atoms with van der Waals surface area (Å²) in [5.41, 5.74) is 1.41. The number of hydrogen-bond acceptors (Lipinski definition) is 4. The Morgan fingerprint density at radius 2 is 1.93 bits per heavy atom. The summed E-state index contributed by atoms with van der Waals surface area (Å²) in [6, 6.07) is 0. The molecule has 0 heterocycles. The van der Waals surface area contributed by atoms with Crippen molar-refractivity contribution in [2.75, 3.05) is 0 Å². The van der Waals surface area contributed by atoms with Gasteiger partial charge in [-0.25, -0.2) is 0 Å². The molecule has 0 unspecified atom stereocenters. The van der Waals surface area contributed by atoms with Crippen LogP contribution in [0, 0.1) is 24.2 Å². The van der Waals surface area contributed by atoms with E-state index in [1.54, 1.807) is 6.92 Å². The second-order valence-electron chi connectivity index (χ2n) is 8.13. The largest absolute Gasteiger partial charge is 0.507 e. The topological polar surface area (TPSA) is 74.6 Å². The first-order valence-electron chi connectivity index (χ1n) is 9.61. The number of rotatable bonds is 5. The molecule has 5 heteroatoms. The van der Waals surface area contributed by atoms with Crippen LogP contribution in [0.2, 0.25) is 5.02 Å². The first kappa shape index (κ1) is 22.2. The Morgan fingerprint density at radius 3 is 2.54 bits per heavy atom. The lowest BCUT2D eigenvalue weighted by molar-refractivity contribution is -0.129. The van der Waals surface area contributed by atoms with Gasteiger partial charge in [0, 0.05) is 17.9 Å². The van der Waals surface area contributed by atoms with E-state index in [0.29, 0.717) is 30.0 Å². The summed E-state index contributed by atoms with van der Waals surface area (Å²) >= 11 is 6.09. The Morgan fingerprint density at radius 1 is 1.29 bits per heavy atom. The van der Waals surface area contributed by atoms with Gasteiger partial charge in [0.2, 0.25) is 0 Å². The molecule has 1 fully saturated rings. The normalized spacial score (nSPS) is 26.1. The van der Waals surface area contributed by atoms with Crippen LogP contribution in [0.5, 0.6) is 11.5 Å². The van der Waals surface area contributed by atoms with E-state index in [9.17, 15) is 19.8 Å². The standard InChI is InChI=1S/C23H29ClO4/c1-13(10-11-23(5)14(2)7-9-19(26)16(23)4)6-8-17-21(27)18(12-25)15(3)20(24)22(17)28/h6,10-12,14,16,27-28H,7-9H2,1-5H3/t14-,16-,23-/m1/s1. The zero-order valence-electron chi connectivity index (χ0n) is 17.2. The van der Waals surface area contributed by atoms with Crippen molar-refractivity contribution in [2.45, 2.75) is 53.9 Å². The first-order valence-corrected chi connectivity index (χ1v) is 9.99. The van der Waals surface area contributed by atoms with Crippen molar-refractivity contribution in [3.8, 4) is 11.5 Å². The summed E-state index contributed by atoms with van der Waals surface area (Å²) in [5.74, 6) is 0.233. The Kier molecular flexibility index (Phi) is 6.76. The molecule has 1 aromatic carbocycles. The summed E-state index contributed by atoms with van der Waals surface area (Å²) in [4.78, 5) is 23.4. The number of aromatic hydroxyl groups is 2. The quantitative estimate of drug-likeness (QED) is 0.497. The molecule has 0 saturated heterocycles. The van der Waals surface area contributed by atoms with Crippen molar-refractivity contribution in [3.05, 3.63) is 45.5 Å². The number of phenolic OH excluding ortho intramolecular Hbond substituents is 2. The van der Waals surface area contributed by atoms with E-state index in [-0.39, 0.29) is 45.4 Å². The molecule has 1 aromatic rings. The average molecular weight is 405 g/mol. The predicted octanol–water partition coefficient (Wildman–Crippen LogP) is 5.56. The van der Waals surface area contributed by atoms with Gasteiger partial charge in [0.1, 0.15) is 17.3 Å². The number of aldehydes is 1. The molecule has 1 aliphatic rings. The third kappa shape index (κ3) is 4.02. The number of Topliss-reactive ketones (excluding diaryl/α,β-unsaturated/α-hetero) is 1. The van der Waals surface area contributed by atoms with E-state index in [1.165, 1.54) is 0 Å². The van der Waals surface area contributed by atoms with Gasteiger partial charge in [-0.15, -0.1) is 0 Å². The van der Waals surface area contributed by atoms with Gasteiger partial charge < -0.3 is 10.2 Å². The van der Waals surface area contributed by atoms with E-state index < -0.39 is 0 Å². The molecule has 1 aliphatic carbocycles. The van der Waals surface area contributed by atoms with Crippen LogP contribution >= 0.6 is 11.6 Å². The van der Waals surface area contributed by atoms with Crippen LogP contribution in [0.4, 0.5) is 0 Å². The van der Waals surface area contributed by atoms with E-state index in [0.717, 1.165) is 12.0 Å². The molecule has 2 N–H and O–H groups in total. The van der Waals surface area contributed by atoms with Gasteiger partial charge in [-0.05, 0) is 43.6 Å². The first-order chi connectivity index (χ1) is 13.0. The fourth-order valence-electron chi connectivity index (χ4n) is 3.83.